The van der Waals surface area contributed by atoms with Crippen LogP contribution >= 0.6 is 11.6 Å². The van der Waals surface area contributed by atoms with Crippen molar-refractivity contribution in [2.45, 2.75) is 19.8 Å². The number of benzene rings is 2. The molecule has 2 aromatic carbocycles. The minimum absolute atomic E-state index is 0.427. The van der Waals surface area contributed by atoms with Crippen LogP contribution in [0.1, 0.15) is 19.8 Å². The van der Waals surface area contributed by atoms with E-state index in [1.807, 2.05) is 36.4 Å². The molecular weight excluding hydrogens is 362 g/mol. The number of ether oxygens (including phenoxy) is 1. The van der Waals surface area contributed by atoms with Crippen molar-refractivity contribution in [2.24, 2.45) is 0 Å². The highest BCUT2D eigenvalue weighted by molar-refractivity contribution is 6.30. The molecule has 6 nitrogen and oxygen atoms in total. The van der Waals surface area contributed by atoms with Crippen molar-refractivity contribution in [3.05, 3.63) is 59.9 Å². The molecule has 4 N–H and O–H groups in total. The van der Waals surface area contributed by atoms with Crippen molar-refractivity contribution in [3.8, 4) is 5.75 Å². The number of hydrogen-bond donors (Lipinski definition) is 3. The summed E-state index contributed by atoms with van der Waals surface area (Å²) in [6.45, 7) is 2.86. The monoisotopic (exact) mass is 383 g/mol. The fourth-order valence-corrected chi connectivity index (χ4v) is 2.50. The molecule has 140 valence electrons. The topological polar surface area (TPSA) is 85.1 Å². The second kappa shape index (κ2) is 9.09. The van der Waals surface area contributed by atoms with E-state index in [-0.39, 0.29) is 0 Å². The summed E-state index contributed by atoms with van der Waals surface area (Å²) >= 11 is 5.91. The van der Waals surface area contributed by atoms with Gasteiger partial charge in [0.2, 0.25) is 0 Å². The summed E-state index contributed by atoms with van der Waals surface area (Å²) in [6, 6.07) is 15.0. The first kappa shape index (κ1) is 18.8. The minimum atomic E-state index is 0.427. The number of nitrogens with one attached hydrogen (secondary N) is 2. The van der Waals surface area contributed by atoms with Crippen LogP contribution in [0.15, 0.2) is 54.9 Å². The molecule has 7 heteroatoms. The largest absolute Gasteiger partial charge is 0.494 e. The Morgan fingerprint density at radius 3 is 2.04 bits per heavy atom. The van der Waals surface area contributed by atoms with Gasteiger partial charge in [-0.25, -0.2) is 9.97 Å². The molecule has 1 heterocycles. The predicted octanol–water partition coefficient (Wildman–Crippen LogP) is 5.38. The van der Waals surface area contributed by atoms with Crippen LogP contribution in [0.2, 0.25) is 5.02 Å². The van der Waals surface area contributed by atoms with E-state index in [0.717, 1.165) is 36.6 Å². The number of nitrogens with two attached hydrogens (primary N) is 1. The van der Waals surface area contributed by atoms with Gasteiger partial charge in [-0.3, -0.25) is 0 Å². The summed E-state index contributed by atoms with van der Waals surface area (Å²) < 4.78 is 5.67. The Morgan fingerprint density at radius 2 is 1.48 bits per heavy atom. The highest BCUT2D eigenvalue weighted by Gasteiger charge is 2.09. The van der Waals surface area contributed by atoms with Crippen LogP contribution in [0.3, 0.4) is 0 Å². The summed E-state index contributed by atoms with van der Waals surface area (Å²) in [5.74, 6) is 1.89. The van der Waals surface area contributed by atoms with Crippen LogP contribution in [-0.4, -0.2) is 16.6 Å². The predicted molar refractivity (Wildman–Crippen MR) is 111 cm³/mol. The van der Waals surface area contributed by atoms with Gasteiger partial charge in [-0.15, -0.1) is 0 Å². The molecule has 0 bridgehead atoms. The molecular formula is C20H22ClN5O. The highest BCUT2D eigenvalue weighted by atomic mass is 35.5. The summed E-state index contributed by atoms with van der Waals surface area (Å²) in [6.07, 6.45) is 3.61. The molecule has 0 fully saturated rings. The van der Waals surface area contributed by atoms with Crippen LogP contribution < -0.4 is 21.1 Å². The summed E-state index contributed by atoms with van der Waals surface area (Å²) in [4.78, 5) is 8.45. The van der Waals surface area contributed by atoms with E-state index in [4.69, 9.17) is 22.1 Å². The Morgan fingerprint density at radius 1 is 0.926 bits per heavy atom. The van der Waals surface area contributed by atoms with Crippen molar-refractivity contribution in [2.75, 3.05) is 23.0 Å². The van der Waals surface area contributed by atoms with Crippen LogP contribution in [0, 0.1) is 0 Å². The first-order valence-electron chi connectivity index (χ1n) is 8.78. The van der Waals surface area contributed by atoms with Gasteiger partial charge in [-0.2, -0.15) is 0 Å². The van der Waals surface area contributed by atoms with E-state index >= 15 is 0 Å². The molecule has 1 aromatic heterocycles. The van der Waals surface area contributed by atoms with Gasteiger partial charge < -0.3 is 21.1 Å². The number of nitrogens with zero attached hydrogens (tertiary/aromatic N) is 2. The zero-order valence-corrected chi connectivity index (χ0v) is 15.8. The number of halogens is 1. The van der Waals surface area contributed by atoms with E-state index in [1.54, 1.807) is 12.1 Å². The van der Waals surface area contributed by atoms with Crippen LogP contribution in [0.25, 0.3) is 0 Å². The molecule has 0 saturated heterocycles. The van der Waals surface area contributed by atoms with Gasteiger partial charge in [0, 0.05) is 16.4 Å². The van der Waals surface area contributed by atoms with Crippen molar-refractivity contribution >= 4 is 40.3 Å². The smallest absolute Gasteiger partial charge is 0.159 e. The molecule has 0 radical (unpaired) electrons. The third kappa shape index (κ3) is 5.24. The van der Waals surface area contributed by atoms with Crippen molar-refractivity contribution in [3.63, 3.8) is 0 Å². The van der Waals surface area contributed by atoms with Crippen LogP contribution in [0.5, 0.6) is 5.75 Å². The molecule has 0 unspecified atom stereocenters. The Balaban J connectivity index is 1.69. The normalized spacial score (nSPS) is 10.4. The minimum Gasteiger partial charge on any atom is -0.494 e. The van der Waals surface area contributed by atoms with Crippen molar-refractivity contribution in [1.82, 2.24) is 9.97 Å². The van der Waals surface area contributed by atoms with E-state index in [2.05, 4.69) is 27.5 Å². The van der Waals surface area contributed by atoms with Gasteiger partial charge in [0.25, 0.3) is 0 Å². The molecule has 0 amide bonds. The Kier molecular flexibility index (Phi) is 6.33. The maximum absolute atomic E-state index is 6.22. The molecule has 27 heavy (non-hydrogen) atoms. The molecule has 3 rings (SSSR count). The number of nitrogen functional groups attached to an aromatic ring is 1. The zero-order valence-electron chi connectivity index (χ0n) is 15.1. The third-order valence-electron chi connectivity index (χ3n) is 3.87. The van der Waals surface area contributed by atoms with E-state index in [1.165, 1.54) is 6.33 Å². The SMILES string of the molecule is CCCCOc1ccc(Nc2ncnc(Nc3ccc(Cl)cc3)c2N)cc1. The average molecular weight is 384 g/mol. The zero-order chi connectivity index (χ0) is 19.1. The lowest BCUT2D eigenvalue weighted by Gasteiger charge is -2.13. The van der Waals surface area contributed by atoms with Gasteiger partial charge in [0.05, 0.1) is 6.61 Å². The maximum atomic E-state index is 6.22. The van der Waals surface area contributed by atoms with Crippen molar-refractivity contribution < 1.29 is 4.74 Å². The lowest BCUT2D eigenvalue weighted by molar-refractivity contribution is 0.309. The van der Waals surface area contributed by atoms with Gasteiger partial charge >= 0.3 is 0 Å². The van der Waals surface area contributed by atoms with Crippen LogP contribution in [-0.2, 0) is 0 Å². The lowest BCUT2D eigenvalue weighted by atomic mass is 10.3. The Hall–Kier alpha value is -2.99. The van der Waals surface area contributed by atoms with E-state index < -0.39 is 0 Å². The standard InChI is InChI=1S/C20H22ClN5O/c1-2-3-12-27-17-10-8-16(9-11-17)26-20-18(22)19(23-13-24-20)25-15-6-4-14(21)5-7-15/h4-11,13H,2-3,12,22H2,1H3,(H2,23,24,25,26). The molecule has 0 aliphatic rings. The van der Waals surface area contributed by atoms with Gasteiger partial charge in [0.15, 0.2) is 11.6 Å². The van der Waals surface area contributed by atoms with Gasteiger partial charge in [0.1, 0.15) is 17.8 Å². The summed E-state index contributed by atoms with van der Waals surface area (Å²) in [5, 5.41) is 7.05. The number of unbranched alkanes of at least 4 members (excludes halogenated alkanes) is 1. The molecule has 0 atom stereocenters. The fraction of sp³-hybridized carbons (Fsp3) is 0.200. The van der Waals surface area contributed by atoms with Crippen molar-refractivity contribution in [1.29, 1.82) is 0 Å². The highest BCUT2D eigenvalue weighted by Crippen LogP contribution is 2.29. The fourth-order valence-electron chi connectivity index (χ4n) is 2.37. The van der Waals surface area contributed by atoms with E-state index in [0.29, 0.717) is 22.3 Å². The molecule has 0 aliphatic carbocycles. The van der Waals surface area contributed by atoms with Gasteiger partial charge in [-0.05, 0) is 55.0 Å². The number of rotatable bonds is 8. The molecule has 3 aromatic rings. The molecule has 0 saturated carbocycles. The first-order chi connectivity index (χ1) is 13.2. The number of aromatic nitrogens is 2. The average Bonchev–Trinajstić information content (AvgIpc) is 2.68. The Labute approximate surface area is 163 Å². The second-order valence-electron chi connectivity index (χ2n) is 5.97. The Bertz CT molecular complexity index is 869. The van der Waals surface area contributed by atoms with Crippen LogP contribution in [0.4, 0.5) is 28.7 Å². The summed E-state index contributed by atoms with van der Waals surface area (Å²) in [7, 11) is 0. The number of hydrogen-bond acceptors (Lipinski definition) is 6. The number of anilines is 5. The lowest BCUT2D eigenvalue weighted by Crippen LogP contribution is -2.05. The second-order valence-corrected chi connectivity index (χ2v) is 6.40. The quantitative estimate of drug-likeness (QED) is 0.453. The third-order valence-corrected chi connectivity index (χ3v) is 4.13. The summed E-state index contributed by atoms with van der Waals surface area (Å²) in [5.41, 5.74) is 8.34. The first-order valence-corrected chi connectivity index (χ1v) is 9.16. The maximum Gasteiger partial charge on any atom is 0.159 e. The molecule has 0 spiro atoms. The van der Waals surface area contributed by atoms with Gasteiger partial charge in [-0.1, -0.05) is 24.9 Å². The van der Waals surface area contributed by atoms with E-state index in [9.17, 15) is 0 Å². The molecule has 0 aliphatic heterocycles.